The van der Waals surface area contributed by atoms with Gasteiger partial charge in [0.15, 0.2) is 0 Å². The molecule has 3 N–H and O–H groups in total. The number of nitrogens with one attached hydrogen (secondary N) is 3. The standard InChI is InChI=1S/C15H33N3O3/c1-3-5-7-16-9-11-20-13-14-21-12-10-18-15(19)17-8-6-4-2/h16H,3-14H2,1-2H3,(H2,17,18,19). The summed E-state index contributed by atoms with van der Waals surface area (Å²) in [6.45, 7) is 9.86. The van der Waals surface area contributed by atoms with Crippen molar-refractivity contribution in [3.05, 3.63) is 0 Å². The third-order valence-electron chi connectivity index (χ3n) is 2.85. The Bertz CT molecular complexity index is 228. The lowest BCUT2D eigenvalue weighted by molar-refractivity contribution is 0.0505. The Labute approximate surface area is 129 Å². The summed E-state index contributed by atoms with van der Waals surface area (Å²) in [5.41, 5.74) is 0. The number of hydrogen-bond acceptors (Lipinski definition) is 4. The van der Waals surface area contributed by atoms with Crippen LogP contribution in [0, 0.1) is 0 Å². The van der Waals surface area contributed by atoms with Crippen molar-refractivity contribution >= 4 is 6.03 Å². The number of urea groups is 1. The summed E-state index contributed by atoms with van der Waals surface area (Å²) in [5, 5.41) is 8.84. The molecule has 0 bridgehead atoms. The number of amides is 2. The van der Waals surface area contributed by atoms with Gasteiger partial charge in [0.05, 0.1) is 26.4 Å². The van der Waals surface area contributed by atoms with Gasteiger partial charge < -0.3 is 25.4 Å². The highest BCUT2D eigenvalue weighted by Gasteiger charge is 1.97. The molecule has 0 aliphatic carbocycles. The lowest BCUT2D eigenvalue weighted by atomic mass is 10.3. The van der Waals surface area contributed by atoms with Crippen LogP contribution in [0.1, 0.15) is 39.5 Å². The molecule has 0 saturated carbocycles. The quantitative estimate of drug-likeness (QED) is 0.401. The van der Waals surface area contributed by atoms with Crippen LogP contribution in [0.25, 0.3) is 0 Å². The highest BCUT2D eigenvalue weighted by atomic mass is 16.5. The van der Waals surface area contributed by atoms with Crippen LogP contribution in [0.15, 0.2) is 0 Å². The first kappa shape index (κ1) is 20.1. The molecule has 0 spiro atoms. The molecule has 0 saturated heterocycles. The van der Waals surface area contributed by atoms with Gasteiger partial charge in [0.1, 0.15) is 0 Å². The van der Waals surface area contributed by atoms with Gasteiger partial charge in [-0.2, -0.15) is 0 Å². The molecule has 0 radical (unpaired) electrons. The topological polar surface area (TPSA) is 71.6 Å². The van der Waals surface area contributed by atoms with Crippen molar-refractivity contribution < 1.29 is 14.3 Å². The minimum absolute atomic E-state index is 0.124. The zero-order chi connectivity index (χ0) is 15.6. The fraction of sp³-hybridized carbons (Fsp3) is 0.933. The molecule has 6 heteroatoms. The van der Waals surface area contributed by atoms with E-state index in [0.29, 0.717) is 33.0 Å². The molecular formula is C15H33N3O3. The molecule has 0 aliphatic heterocycles. The first-order valence-corrected chi connectivity index (χ1v) is 8.19. The largest absolute Gasteiger partial charge is 0.378 e. The molecule has 0 rings (SSSR count). The van der Waals surface area contributed by atoms with Gasteiger partial charge in [-0.25, -0.2) is 4.79 Å². The van der Waals surface area contributed by atoms with Crippen molar-refractivity contribution in [2.45, 2.75) is 39.5 Å². The lowest BCUT2D eigenvalue weighted by Crippen LogP contribution is -2.37. The number of rotatable bonds is 15. The van der Waals surface area contributed by atoms with E-state index in [9.17, 15) is 4.79 Å². The van der Waals surface area contributed by atoms with E-state index in [0.717, 1.165) is 32.5 Å². The number of unbranched alkanes of at least 4 members (excludes halogenated alkanes) is 2. The van der Waals surface area contributed by atoms with Gasteiger partial charge in [-0.1, -0.05) is 26.7 Å². The van der Waals surface area contributed by atoms with Gasteiger partial charge >= 0.3 is 6.03 Å². The van der Waals surface area contributed by atoms with Crippen molar-refractivity contribution in [3.63, 3.8) is 0 Å². The summed E-state index contributed by atoms with van der Waals surface area (Å²) in [5.74, 6) is 0. The van der Waals surface area contributed by atoms with Crippen LogP contribution in [-0.4, -0.2) is 58.6 Å². The predicted octanol–water partition coefficient (Wildman–Crippen LogP) is 1.51. The normalized spacial score (nSPS) is 10.6. The molecule has 0 aliphatic rings. The maximum absolute atomic E-state index is 11.3. The predicted molar refractivity (Wildman–Crippen MR) is 85.7 cm³/mol. The molecule has 126 valence electrons. The van der Waals surface area contributed by atoms with Gasteiger partial charge in [0.25, 0.3) is 0 Å². The molecule has 0 atom stereocenters. The third kappa shape index (κ3) is 17.1. The SMILES string of the molecule is CCCCNCCOCCOCCNC(=O)NCCCC. The van der Waals surface area contributed by atoms with Crippen LogP contribution in [-0.2, 0) is 9.47 Å². The Kier molecular flexibility index (Phi) is 16.5. The zero-order valence-electron chi connectivity index (χ0n) is 13.7. The Morgan fingerprint density at radius 3 is 2.00 bits per heavy atom. The molecule has 0 fully saturated rings. The summed E-state index contributed by atoms with van der Waals surface area (Å²) in [6.07, 6.45) is 4.51. The average Bonchev–Trinajstić information content (AvgIpc) is 2.48. The minimum Gasteiger partial charge on any atom is -0.378 e. The Morgan fingerprint density at radius 1 is 0.762 bits per heavy atom. The van der Waals surface area contributed by atoms with Crippen LogP contribution in [0.3, 0.4) is 0 Å². The first-order chi connectivity index (χ1) is 10.3. The second kappa shape index (κ2) is 17.2. The van der Waals surface area contributed by atoms with Crippen molar-refractivity contribution in [1.29, 1.82) is 0 Å². The molecule has 21 heavy (non-hydrogen) atoms. The summed E-state index contributed by atoms with van der Waals surface area (Å²) in [6, 6.07) is -0.124. The number of hydrogen-bond donors (Lipinski definition) is 3. The van der Waals surface area contributed by atoms with E-state index in [2.05, 4.69) is 29.8 Å². The van der Waals surface area contributed by atoms with Gasteiger partial charge in [-0.05, 0) is 19.4 Å². The molecular weight excluding hydrogens is 270 g/mol. The van der Waals surface area contributed by atoms with E-state index in [-0.39, 0.29) is 6.03 Å². The van der Waals surface area contributed by atoms with Crippen molar-refractivity contribution in [2.75, 3.05) is 52.6 Å². The van der Waals surface area contributed by atoms with Crippen LogP contribution in [0.4, 0.5) is 4.79 Å². The van der Waals surface area contributed by atoms with Crippen LogP contribution < -0.4 is 16.0 Å². The molecule has 0 unspecified atom stereocenters. The lowest BCUT2D eigenvalue weighted by Gasteiger charge is -2.08. The maximum atomic E-state index is 11.3. The molecule has 0 aromatic heterocycles. The van der Waals surface area contributed by atoms with Crippen molar-refractivity contribution in [2.24, 2.45) is 0 Å². The maximum Gasteiger partial charge on any atom is 0.314 e. The summed E-state index contributed by atoms with van der Waals surface area (Å²) >= 11 is 0. The van der Waals surface area contributed by atoms with Crippen LogP contribution in [0.2, 0.25) is 0 Å². The first-order valence-electron chi connectivity index (χ1n) is 8.19. The van der Waals surface area contributed by atoms with Gasteiger partial charge in [0.2, 0.25) is 0 Å². The molecule has 2 amide bonds. The highest BCUT2D eigenvalue weighted by Crippen LogP contribution is 1.83. The second-order valence-corrected chi connectivity index (χ2v) is 4.86. The van der Waals surface area contributed by atoms with E-state index < -0.39 is 0 Å². The van der Waals surface area contributed by atoms with Gasteiger partial charge in [-0.15, -0.1) is 0 Å². The van der Waals surface area contributed by atoms with E-state index >= 15 is 0 Å². The summed E-state index contributed by atoms with van der Waals surface area (Å²) in [7, 11) is 0. The number of carbonyl (C=O) groups excluding carboxylic acids is 1. The van der Waals surface area contributed by atoms with E-state index in [1.165, 1.54) is 12.8 Å². The molecule has 0 aromatic carbocycles. The van der Waals surface area contributed by atoms with Crippen LogP contribution in [0.5, 0.6) is 0 Å². The summed E-state index contributed by atoms with van der Waals surface area (Å²) < 4.78 is 10.8. The fourth-order valence-electron chi connectivity index (χ4n) is 1.57. The number of ether oxygens (including phenoxy) is 2. The summed E-state index contributed by atoms with van der Waals surface area (Å²) in [4.78, 5) is 11.3. The smallest absolute Gasteiger partial charge is 0.314 e. The fourth-order valence-corrected chi connectivity index (χ4v) is 1.57. The second-order valence-electron chi connectivity index (χ2n) is 4.86. The number of carbonyl (C=O) groups is 1. The molecule has 0 aromatic rings. The monoisotopic (exact) mass is 303 g/mol. The third-order valence-corrected chi connectivity index (χ3v) is 2.85. The highest BCUT2D eigenvalue weighted by molar-refractivity contribution is 5.73. The average molecular weight is 303 g/mol. The Hall–Kier alpha value is -0.850. The minimum atomic E-state index is -0.124. The Balaban J connectivity index is 3.06. The van der Waals surface area contributed by atoms with Gasteiger partial charge in [0, 0.05) is 19.6 Å². The molecule has 6 nitrogen and oxygen atoms in total. The van der Waals surface area contributed by atoms with E-state index in [1.807, 2.05) is 0 Å². The Morgan fingerprint density at radius 2 is 1.33 bits per heavy atom. The van der Waals surface area contributed by atoms with Crippen molar-refractivity contribution in [3.8, 4) is 0 Å². The van der Waals surface area contributed by atoms with E-state index in [4.69, 9.17) is 9.47 Å². The zero-order valence-corrected chi connectivity index (χ0v) is 13.7. The van der Waals surface area contributed by atoms with Crippen molar-refractivity contribution in [1.82, 2.24) is 16.0 Å². The van der Waals surface area contributed by atoms with Gasteiger partial charge in [-0.3, -0.25) is 0 Å². The van der Waals surface area contributed by atoms with Crippen LogP contribution >= 0.6 is 0 Å². The van der Waals surface area contributed by atoms with E-state index in [1.54, 1.807) is 0 Å². The molecule has 0 heterocycles.